The van der Waals surface area contributed by atoms with Gasteiger partial charge in [-0.3, -0.25) is 0 Å². The van der Waals surface area contributed by atoms with Crippen molar-refractivity contribution in [2.24, 2.45) is 5.92 Å². The van der Waals surface area contributed by atoms with Gasteiger partial charge in [0.25, 0.3) is 0 Å². The van der Waals surface area contributed by atoms with Crippen LogP contribution in [0.25, 0.3) is 11.0 Å². The van der Waals surface area contributed by atoms with Crippen LogP contribution in [0.2, 0.25) is 0 Å². The Kier molecular flexibility index (Phi) is 4.12. The van der Waals surface area contributed by atoms with E-state index in [4.69, 9.17) is 12.2 Å². The van der Waals surface area contributed by atoms with Crippen LogP contribution in [-0.2, 0) is 0 Å². The lowest BCUT2D eigenvalue weighted by Crippen LogP contribution is -2.21. The van der Waals surface area contributed by atoms with Crippen LogP contribution in [0.4, 0.5) is 0 Å². The average molecular weight is 299 g/mol. The van der Waals surface area contributed by atoms with E-state index in [-0.39, 0.29) is 0 Å². The van der Waals surface area contributed by atoms with E-state index in [0.717, 1.165) is 22.2 Å². The molecule has 1 aliphatic rings. The Morgan fingerprint density at radius 1 is 1.38 bits per heavy atom. The summed E-state index contributed by atoms with van der Waals surface area (Å²) >= 11 is 5.57. The van der Waals surface area contributed by atoms with Crippen molar-refractivity contribution >= 4 is 23.3 Å². The SMILES string of the molecule is CCC(C1CCCCC1)n1c(=S)[nH]c2c(C#N)cccc21. The van der Waals surface area contributed by atoms with E-state index in [1.54, 1.807) is 0 Å². The first-order valence-electron chi connectivity index (χ1n) is 7.89. The molecule has 4 heteroatoms. The number of H-pyrrole nitrogens is 1. The van der Waals surface area contributed by atoms with Gasteiger partial charge >= 0.3 is 0 Å². The molecule has 1 fully saturated rings. The van der Waals surface area contributed by atoms with Gasteiger partial charge in [-0.1, -0.05) is 32.3 Å². The molecule has 0 radical (unpaired) electrons. The maximum absolute atomic E-state index is 9.27. The fourth-order valence-corrected chi connectivity index (χ4v) is 4.15. The summed E-state index contributed by atoms with van der Waals surface area (Å²) < 4.78 is 3.02. The summed E-state index contributed by atoms with van der Waals surface area (Å²) in [5, 5.41) is 9.27. The summed E-state index contributed by atoms with van der Waals surface area (Å²) in [5.74, 6) is 0.709. The van der Waals surface area contributed by atoms with Crippen molar-refractivity contribution in [2.45, 2.75) is 51.5 Å². The predicted molar refractivity (Wildman–Crippen MR) is 87.7 cm³/mol. The monoisotopic (exact) mass is 299 g/mol. The number of hydrogen-bond acceptors (Lipinski definition) is 2. The number of nitrogens with one attached hydrogen (secondary N) is 1. The Morgan fingerprint density at radius 2 is 2.14 bits per heavy atom. The fraction of sp³-hybridized carbons (Fsp3) is 0.529. The number of nitriles is 1. The summed E-state index contributed by atoms with van der Waals surface area (Å²) in [6.07, 6.45) is 7.71. The number of imidazole rings is 1. The van der Waals surface area contributed by atoms with Crippen molar-refractivity contribution in [2.75, 3.05) is 0 Å². The zero-order valence-corrected chi connectivity index (χ0v) is 13.2. The zero-order chi connectivity index (χ0) is 14.8. The molecule has 1 atom stereocenters. The van der Waals surface area contributed by atoms with Crippen LogP contribution in [0, 0.1) is 22.0 Å². The molecule has 0 bridgehead atoms. The molecule has 3 rings (SSSR count). The van der Waals surface area contributed by atoms with Gasteiger partial charge in [0, 0.05) is 6.04 Å². The van der Waals surface area contributed by atoms with E-state index in [2.05, 4.69) is 28.6 Å². The number of fused-ring (bicyclic) bond motifs is 1. The molecular weight excluding hydrogens is 278 g/mol. The van der Waals surface area contributed by atoms with Crippen molar-refractivity contribution < 1.29 is 0 Å². The number of benzene rings is 1. The zero-order valence-electron chi connectivity index (χ0n) is 12.4. The largest absolute Gasteiger partial charge is 0.329 e. The van der Waals surface area contributed by atoms with Gasteiger partial charge in [-0.05, 0) is 49.5 Å². The molecule has 1 heterocycles. The van der Waals surface area contributed by atoms with Crippen LogP contribution in [0.1, 0.15) is 57.1 Å². The second-order valence-electron chi connectivity index (χ2n) is 5.99. The van der Waals surface area contributed by atoms with Crippen LogP contribution < -0.4 is 0 Å². The van der Waals surface area contributed by atoms with Gasteiger partial charge < -0.3 is 9.55 Å². The lowest BCUT2D eigenvalue weighted by molar-refractivity contribution is 0.245. The Bertz CT molecular complexity index is 729. The summed E-state index contributed by atoms with van der Waals surface area (Å²) in [6, 6.07) is 8.58. The molecule has 2 aromatic rings. The molecule has 1 aromatic carbocycles. The second kappa shape index (κ2) is 6.03. The van der Waals surface area contributed by atoms with Gasteiger partial charge in [0.2, 0.25) is 0 Å². The molecular formula is C17H21N3S. The van der Waals surface area contributed by atoms with Crippen molar-refractivity contribution in [3.05, 3.63) is 28.5 Å². The maximum Gasteiger partial charge on any atom is 0.178 e. The highest BCUT2D eigenvalue weighted by Crippen LogP contribution is 2.37. The van der Waals surface area contributed by atoms with Crippen LogP contribution in [0.15, 0.2) is 18.2 Å². The molecule has 1 unspecified atom stereocenters. The topological polar surface area (TPSA) is 44.5 Å². The highest BCUT2D eigenvalue weighted by Gasteiger charge is 2.25. The third-order valence-corrected chi connectivity index (χ3v) is 5.12. The molecule has 0 spiro atoms. The lowest BCUT2D eigenvalue weighted by atomic mass is 9.82. The van der Waals surface area contributed by atoms with E-state index in [0.29, 0.717) is 17.5 Å². The molecule has 1 aliphatic carbocycles. The maximum atomic E-state index is 9.27. The average Bonchev–Trinajstić information content (AvgIpc) is 2.86. The number of hydrogen-bond donors (Lipinski definition) is 1. The molecule has 0 saturated heterocycles. The highest BCUT2D eigenvalue weighted by atomic mass is 32.1. The molecule has 0 amide bonds. The minimum absolute atomic E-state index is 0.445. The Hall–Kier alpha value is -1.60. The molecule has 1 saturated carbocycles. The number of aromatic nitrogens is 2. The molecule has 21 heavy (non-hydrogen) atoms. The van der Waals surface area contributed by atoms with E-state index >= 15 is 0 Å². The minimum Gasteiger partial charge on any atom is -0.329 e. The second-order valence-corrected chi connectivity index (χ2v) is 6.37. The van der Waals surface area contributed by atoms with Crippen molar-refractivity contribution in [1.82, 2.24) is 9.55 Å². The molecule has 0 aliphatic heterocycles. The van der Waals surface area contributed by atoms with E-state index in [1.165, 1.54) is 32.1 Å². The van der Waals surface area contributed by atoms with Gasteiger partial charge in [-0.25, -0.2) is 0 Å². The van der Waals surface area contributed by atoms with Crippen molar-refractivity contribution in [1.29, 1.82) is 5.26 Å². The van der Waals surface area contributed by atoms with Crippen molar-refractivity contribution in [3.8, 4) is 6.07 Å². The third-order valence-electron chi connectivity index (χ3n) is 4.82. The van der Waals surface area contributed by atoms with E-state index in [1.807, 2.05) is 12.1 Å². The van der Waals surface area contributed by atoms with Crippen LogP contribution in [0.5, 0.6) is 0 Å². The quantitative estimate of drug-likeness (QED) is 0.801. The van der Waals surface area contributed by atoms with Crippen molar-refractivity contribution in [3.63, 3.8) is 0 Å². The third kappa shape index (κ3) is 2.51. The molecule has 1 N–H and O–H groups in total. The number of rotatable bonds is 3. The van der Waals surface area contributed by atoms with Crippen LogP contribution in [-0.4, -0.2) is 9.55 Å². The predicted octanol–water partition coefficient (Wildman–Crippen LogP) is 5.10. The summed E-state index contributed by atoms with van der Waals surface area (Å²) in [5.41, 5.74) is 2.64. The molecule has 3 nitrogen and oxygen atoms in total. The van der Waals surface area contributed by atoms with E-state index < -0.39 is 0 Å². The van der Waals surface area contributed by atoms with Gasteiger partial charge in [0.15, 0.2) is 4.77 Å². The van der Waals surface area contributed by atoms with Gasteiger partial charge in [0.1, 0.15) is 6.07 Å². The highest BCUT2D eigenvalue weighted by molar-refractivity contribution is 7.71. The fourth-order valence-electron chi connectivity index (χ4n) is 3.82. The standard InChI is InChI=1S/C17H21N3S/c1-2-14(12-7-4-3-5-8-12)20-15-10-6-9-13(11-18)16(15)19-17(20)21/h6,9-10,12,14H,2-5,7-8H2,1H3,(H,19,21). The van der Waals surface area contributed by atoms with Gasteiger partial charge in [-0.15, -0.1) is 0 Å². The van der Waals surface area contributed by atoms with Gasteiger partial charge in [-0.2, -0.15) is 5.26 Å². The minimum atomic E-state index is 0.445. The Balaban J connectivity index is 2.12. The van der Waals surface area contributed by atoms with Crippen LogP contribution >= 0.6 is 12.2 Å². The van der Waals surface area contributed by atoms with Gasteiger partial charge in [0.05, 0.1) is 16.6 Å². The summed E-state index contributed by atoms with van der Waals surface area (Å²) in [7, 11) is 0. The first kappa shape index (κ1) is 14.3. The number of para-hydroxylation sites is 1. The number of nitrogens with zero attached hydrogens (tertiary/aromatic N) is 2. The molecule has 1 aromatic heterocycles. The lowest BCUT2D eigenvalue weighted by Gasteiger charge is -2.31. The summed E-state index contributed by atoms with van der Waals surface area (Å²) in [6.45, 7) is 2.24. The van der Waals surface area contributed by atoms with Crippen LogP contribution in [0.3, 0.4) is 0 Å². The Labute approximate surface area is 130 Å². The normalized spacial score (nSPS) is 17.7. The first-order chi connectivity index (χ1) is 10.3. The first-order valence-corrected chi connectivity index (χ1v) is 8.30. The Morgan fingerprint density at radius 3 is 2.81 bits per heavy atom. The summed E-state index contributed by atoms with van der Waals surface area (Å²) in [4.78, 5) is 3.26. The van der Waals surface area contributed by atoms with E-state index in [9.17, 15) is 5.26 Å². The number of aromatic amines is 1. The smallest absolute Gasteiger partial charge is 0.178 e. The molecule has 110 valence electrons.